The van der Waals surface area contributed by atoms with E-state index in [0.717, 1.165) is 0 Å². The molecule has 0 fully saturated rings. The summed E-state index contributed by atoms with van der Waals surface area (Å²) in [4.78, 5) is 66.7. The lowest BCUT2D eigenvalue weighted by Crippen LogP contribution is -2.59. The number of H-pyrrole nitrogens is 1. The maximum absolute atomic E-state index is 12.7. The number of carboxylic acids is 1. The fourth-order valence-corrected chi connectivity index (χ4v) is 2.64. The first kappa shape index (κ1) is 26.5. The topological polar surface area (TPSA) is 243 Å². The van der Waals surface area contributed by atoms with E-state index in [4.69, 9.17) is 16.6 Å². The Balaban J connectivity index is 2.93. The van der Waals surface area contributed by atoms with Gasteiger partial charge in [-0.3, -0.25) is 19.2 Å². The fraction of sp³-hybridized carbons (Fsp3) is 0.556. The molecule has 1 heterocycles. The SMILES string of the molecule is CC(C)[C@H](NC(=O)[C@H](CC(N)=O)NC(=O)[C@@H](N)CO)C(=O)N[C@@H](Cc1cnc[nH]1)C(=O)O. The van der Waals surface area contributed by atoms with Crippen LogP contribution in [0.4, 0.5) is 0 Å². The summed E-state index contributed by atoms with van der Waals surface area (Å²) in [5.74, 6) is -5.26. The van der Waals surface area contributed by atoms with Crippen LogP contribution in [0.15, 0.2) is 12.5 Å². The minimum Gasteiger partial charge on any atom is -0.480 e. The number of aliphatic hydroxyl groups is 1. The molecule has 0 aliphatic carbocycles. The van der Waals surface area contributed by atoms with Crippen LogP contribution in [0.2, 0.25) is 0 Å². The number of hydrogen-bond acceptors (Lipinski definition) is 8. The van der Waals surface area contributed by atoms with Crippen LogP contribution in [-0.4, -0.2) is 80.6 Å². The Morgan fingerprint density at radius 2 is 1.69 bits per heavy atom. The van der Waals surface area contributed by atoms with E-state index >= 15 is 0 Å². The highest BCUT2D eigenvalue weighted by molar-refractivity contribution is 5.96. The zero-order chi connectivity index (χ0) is 24.4. The Hall–Kier alpha value is -3.52. The molecule has 178 valence electrons. The second kappa shape index (κ2) is 12.4. The van der Waals surface area contributed by atoms with E-state index in [1.807, 2.05) is 0 Å². The number of carbonyl (C=O) groups is 5. The Kier molecular flexibility index (Phi) is 10.2. The predicted molar refractivity (Wildman–Crippen MR) is 109 cm³/mol. The van der Waals surface area contributed by atoms with Crippen LogP contribution in [0, 0.1) is 5.92 Å². The van der Waals surface area contributed by atoms with Crippen molar-refractivity contribution in [2.24, 2.45) is 17.4 Å². The van der Waals surface area contributed by atoms with Gasteiger partial charge in [0.15, 0.2) is 0 Å². The largest absolute Gasteiger partial charge is 0.480 e. The normalized spacial score (nSPS) is 14.7. The molecule has 14 nitrogen and oxygen atoms in total. The summed E-state index contributed by atoms with van der Waals surface area (Å²) in [7, 11) is 0. The molecule has 32 heavy (non-hydrogen) atoms. The average Bonchev–Trinajstić information content (AvgIpc) is 3.22. The summed E-state index contributed by atoms with van der Waals surface area (Å²) in [6, 6.07) is -5.28. The lowest BCUT2D eigenvalue weighted by Gasteiger charge is -2.26. The minimum absolute atomic E-state index is 0.0702. The van der Waals surface area contributed by atoms with E-state index in [1.54, 1.807) is 13.8 Å². The molecule has 10 N–H and O–H groups in total. The van der Waals surface area contributed by atoms with Crippen LogP contribution in [-0.2, 0) is 30.4 Å². The van der Waals surface area contributed by atoms with Gasteiger partial charge in [-0.2, -0.15) is 0 Å². The van der Waals surface area contributed by atoms with Crippen LogP contribution in [0.3, 0.4) is 0 Å². The van der Waals surface area contributed by atoms with Crippen molar-refractivity contribution < 1.29 is 34.2 Å². The van der Waals surface area contributed by atoms with Gasteiger partial charge in [0.05, 0.1) is 19.4 Å². The molecule has 1 aromatic heterocycles. The number of carbonyl (C=O) groups excluding carboxylic acids is 4. The maximum atomic E-state index is 12.7. The zero-order valence-corrected chi connectivity index (χ0v) is 17.7. The summed E-state index contributed by atoms with van der Waals surface area (Å²) in [5, 5.41) is 25.3. The van der Waals surface area contributed by atoms with E-state index in [9.17, 15) is 29.1 Å². The molecule has 0 aromatic carbocycles. The number of nitrogens with zero attached hydrogens (tertiary/aromatic N) is 1. The molecule has 1 rings (SSSR count). The number of aliphatic hydroxyl groups excluding tert-OH is 1. The maximum Gasteiger partial charge on any atom is 0.326 e. The Labute approximate surface area is 183 Å². The molecule has 0 aliphatic rings. The molecule has 0 saturated carbocycles. The summed E-state index contributed by atoms with van der Waals surface area (Å²) >= 11 is 0. The third-order valence-corrected chi connectivity index (χ3v) is 4.41. The molecule has 4 amide bonds. The number of nitrogens with two attached hydrogens (primary N) is 2. The molecule has 4 atom stereocenters. The first-order valence-electron chi connectivity index (χ1n) is 9.72. The Bertz CT molecular complexity index is 813. The van der Waals surface area contributed by atoms with Crippen molar-refractivity contribution in [1.82, 2.24) is 25.9 Å². The summed E-state index contributed by atoms with van der Waals surface area (Å²) in [5.41, 5.74) is 11.0. The van der Waals surface area contributed by atoms with Crippen molar-refractivity contribution >= 4 is 29.6 Å². The number of aromatic nitrogens is 2. The van der Waals surface area contributed by atoms with Crippen LogP contribution >= 0.6 is 0 Å². The van der Waals surface area contributed by atoms with Crippen molar-refractivity contribution in [3.05, 3.63) is 18.2 Å². The smallest absolute Gasteiger partial charge is 0.326 e. The number of hydrogen-bond donors (Lipinski definition) is 8. The van der Waals surface area contributed by atoms with E-state index in [1.165, 1.54) is 12.5 Å². The van der Waals surface area contributed by atoms with Gasteiger partial charge in [0.1, 0.15) is 24.2 Å². The van der Waals surface area contributed by atoms with Crippen molar-refractivity contribution in [1.29, 1.82) is 0 Å². The monoisotopic (exact) mass is 455 g/mol. The molecule has 0 saturated heterocycles. The van der Waals surface area contributed by atoms with Gasteiger partial charge < -0.3 is 42.6 Å². The summed E-state index contributed by atoms with van der Waals surface area (Å²) in [6.45, 7) is 2.53. The molecule has 0 aliphatic heterocycles. The lowest BCUT2D eigenvalue weighted by atomic mass is 10.0. The van der Waals surface area contributed by atoms with Crippen molar-refractivity contribution in [3.8, 4) is 0 Å². The second-order valence-electron chi connectivity index (χ2n) is 7.43. The third kappa shape index (κ3) is 8.31. The number of imidazole rings is 1. The molecule has 1 aromatic rings. The van der Waals surface area contributed by atoms with Gasteiger partial charge in [-0.05, 0) is 5.92 Å². The van der Waals surface area contributed by atoms with Gasteiger partial charge >= 0.3 is 5.97 Å². The predicted octanol–water partition coefficient (Wildman–Crippen LogP) is -3.66. The number of aliphatic carboxylic acids is 1. The quantitative estimate of drug-likeness (QED) is 0.146. The van der Waals surface area contributed by atoms with Crippen LogP contribution in [0.5, 0.6) is 0 Å². The van der Waals surface area contributed by atoms with E-state index < -0.39 is 72.7 Å². The van der Waals surface area contributed by atoms with Gasteiger partial charge in [0, 0.05) is 18.3 Å². The Morgan fingerprint density at radius 1 is 1.06 bits per heavy atom. The van der Waals surface area contributed by atoms with Crippen molar-refractivity contribution in [2.45, 2.75) is 50.9 Å². The number of primary amides is 1. The molecule has 0 spiro atoms. The second-order valence-corrected chi connectivity index (χ2v) is 7.43. The van der Waals surface area contributed by atoms with Crippen LogP contribution < -0.4 is 27.4 Å². The number of rotatable bonds is 13. The van der Waals surface area contributed by atoms with Gasteiger partial charge in [-0.15, -0.1) is 0 Å². The van der Waals surface area contributed by atoms with E-state index in [0.29, 0.717) is 5.69 Å². The molecular weight excluding hydrogens is 426 g/mol. The third-order valence-electron chi connectivity index (χ3n) is 4.41. The Morgan fingerprint density at radius 3 is 2.16 bits per heavy atom. The molecular formula is C18H29N7O7. The van der Waals surface area contributed by atoms with Crippen molar-refractivity contribution in [3.63, 3.8) is 0 Å². The number of amides is 4. The molecule has 0 bridgehead atoms. The first-order chi connectivity index (χ1) is 15.0. The van der Waals surface area contributed by atoms with E-state index in [-0.39, 0.29) is 6.42 Å². The van der Waals surface area contributed by atoms with Crippen molar-refractivity contribution in [2.75, 3.05) is 6.61 Å². The van der Waals surface area contributed by atoms with Gasteiger partial charge in [0.2, 0.25) is 23.6 Å². The molecule has 0 unspecified atom stereocenters. The highest BCUT2D eigenvalue weighted by Gasteiger charge is 2.32. The number of carboxylic acid groups (broad SMARTS) is 1. The number of aromatic amines is 1. The van der Waals surface area contributed by atoms with Gasteiger partial charge in [-0.1, -0.05) is 13.8 Å². The van der Waals surface area contributed by atoms with E-state index in [2.05, 4.69) is 25.9 Å². The molecule has 0 radical (unpaired) electrons. The standard InChI is InChI=1S/C18H29N7O7/c1-8(2)14(17(30)24-12(18(31)32)3-9-5-21-7-22-9)25-16(29)11(4-13(20)27)23-15(28)10(19)6-26/h5,7-8,10-12,14,26H,3-4,6,19H2,1-2H3,(H2,20,27)(H,21,22)(H,23,28)(H,24,30)(H,25,29)(H,31,32)/t10-,11-,12-,14-/m0/s1. The van der Waals surface area contributed by atoms with Gasteiger partial charge in [0.25, 0.3) is 0 Å². The highest BCUT2D eigenvalue weighted by Crippen LogP contribution is 2.06. The highest BCUT2D eigenvalue weighted by atomic mass is 16.4. The zero-order valence-electron chi connectivity index (χ0n) is 17.7. The van der Waals surface area contributed by atoms with Gasteiger partial charge in [-0.25, -0.2) is 9.78 Å². The summed E-state index contributed by atoms with van der Waals surface area (Å²) < 4.78 is 0. The average molecular weight is 455 g/mol. The first-order valence-corrected chi connectivity index (χ1v) is 9.72. The summed E-state index contributed by atoms with van der Waals surface area (Å²) in [6.07, 6.45) is 2.13. The lowest BCUT2D eigenvalue weighted by molar-refractivity contribution is -0.142. The minimum atomic E-state index is -1.45. The fourth-order valence-electron chi connectivity index (χ4n) is 2.64. The number of nitrogens with one attached hydrogen (secondary N) is 4. The van der Waals surface area contributed by atoms with Crippen LogP contribution in [0.25, 0.3) is 0 Å². The van der Waals surface area contributed by atoms with Crippen LogP contribution in [0.1, 0.15) is 26.0 Å². The molecule has 14 heteroatoms.